The minimum Gasteiger partial charge on any atom is -0.483 e. The zero-order chi connectivity index (χ0) is 19.2. The molecule has 0 saturated heterocycles. The van der Waals surface area contributed by atoms with Crippen LogP contribution in [0.4, 0.5) is 8.78 Å². The molecule has 0 amide bonds. The molecule has 0 aliphatic carbocycles. The molecule has 140 valence electrons. The molecule has 3 aromatic rings. The maximum absolute atomic E-state index is 13.0. The Kier molecular flexibility index (Phi) is 6.24. The molecule has 1 aromatic heterocycles. The largest absolute Gasteiger partial charge is 0.483 e. The van der Waals surface area contributed by atoms with Crippen molar-refractivity contribution in [1.82, 2.24) is 14.8 Å². The van der Waals surface area contributed by atoms with Gasteiger partial charge < -0.3 is 4.74 Å². The molecule has 0 aliphatic rings. The van der Waals surface area contributed by atoms with Crippen molar-refractivity contribution in [3.8, 4) is 5.75 Å². The van der Waals surface area contributed by atoms with Crippen LogP contribution < -0.4 is 4.74 Å². The number of hydrogen-bond acceptors (Lipinski definition) is 4. The Morgan fingerprint density at radius 1 is 1.07 bits per heavy atom. The van der Waals surface area contributed by atoms with Crippen LogP contribution in [0.2, 0.25) is 0 Å². The third-order valence-electron chi connectivity index (χ3n) is 3.83. The molecule has 0 aliphatic heterocycles. The van der Waals surface area contributed by atoms with Crippen molar-refractivity contribution < 1.29 is 13.5 Å². The fourth-order valence-electron chi connectivity index (χ4n) is 2.51. The molecular formula is C20H19F2N3OS. The summed E-state index contributed by atoms with van der Waals surface area (Å²) in [5.74, 6) is 1.28. The lowest BCUT2D eigenvalue weighted by Gasteiger charge is -2.15. The van der Waals surface area contributed by atoms with E-state index in [0.29, 0.717) is 23.9 Å². The van der Waals surface area contributed by atoms with Crippen LogP contribution in [0.1, 0.15) is 24.4 Å². The molecule has 0 fully saturated rings. The third kappa shape index (κ3) is 4.95. The second kappa shape index (κ2) is 8.81. The van der Waals surface area contributed by atoms with Crippen LogP contribution in [-0.4, -0.2) is 14.8 Å². The highest BCUT2D eigenvalue weighted by Crippen LogP contribution is 2.26. The van der Waals surface area contributed by atoms with Gasteiger partial charge in [0.15, 0.2) is 17.1 Å². The summed E-state index contributed by atoms with van der Waals surface area (Å²) in [4.78, 5) is 0. The maximum atomic E-state index is 13.0. The number of benzene rings is 2. The second-order valence-corrected chi connectivity index (χ2v) is 6.81. The lowest BCUT2D eigenvalue weighted by atomic mass is 10.2. The molecule has 3 rings (SSSR count). The summed E-state index contributed by atoms with van der Waals surface area (Å²) >= 11 is 1.51. The van der Waals surface area contributed by atoms with Gasteiger partial charge in [0.1, 0.15) is 17.4 Å². The summed E-state index contributed by atoms with van der Waals surface area (Å²) in [5, 5.41) is 9.24. The Balaban J connectivity index is 1.74. The predicted octanol–water partition coefficient (Wildman–Crippen LogP) is 5.17. The van der Waals surface area contributed by atoms with Gasteiger partial charge in [-0.15, -0.1) is 16.8 Å². The van der Waals surface area contributed by atoms with E-state index in [0.717, 1.165) is 10.7 Å². The zero-order valence-corrected chi connectivity index (χ0v) is 15.6. The lowest BCUT2D eigenvalue weighted by molar-refractivity contribution is 0.210. The van der Waals surface area contributed by atoms with E-state index in [2.05, 4.69) is 16.8 Å². The van der Waals surface area contributed by atoms with Gasteiger partial charge in [0.2, 0.25) is 0 Å². The number of thioether (sulfide) groups is 1. The average molecular weight is 387 g/mol. The third-order valence-corrected chi connectivity index (χ3v) is 4.87. The summed E-state index contributed by atoms with van der Waals surface area (Å²) in [5.41, 5.74) is 0.992. The van der Waals surface area contributed by atoms with Crippen molar-refractivity contribution in [3.63, 3.8) is 0 Å². The van der Waals surface area contributed by atoms with Gasteiger partial charge in [-0.1, -0.05) is 30.0 Å². The second-order valence-electron chi connectivity index (χ2n) is 5.87. The number of allylic oxidation sites excluding steroid dienone is 1. The van der Waals surface area contributed by atoms with E-state index in [4.69, 9.17) is 4.74 Å². The van der Waals surface area contributed by atoms with Crippen LogP contribution >= 0.6 is 11.8 Å². The minimum atomic E-state index is -0.372. The van der Waals surface area contributed by atoms with Crippen LogP contribution in [0.5, 0.6) is 5.75 Å². The van der Waals surface area contributed by atoms with Gasteiger partial charge in [-0.25, -0.2) is 8.78 Å². The van der Waals surface area contributed by atoms with E-state index in [9.17, 15) is 8.78 Å². The Morgan fingerprint density at radius 3 is 2.33 bits per heavy atom. The average Bonchev–Trinajstić information content (AvgIpc) is 3.06. The van der Waals surface area contributed by atoms with Crippen LogP contribution in [0.3, 0.4) is 0 Å². The van der Waals surface area contributed by atoms with E-state index in [-0.39, 0.29) is 17.7 Å². The molecule has 0 N–H and O–H groups in total. The summed E-state index contributed by atoms with van der Waals surface area (Å²) in [7, 11) is 0. The van der Waals surface area contributed by atoms with Gasteiger partial charge in [0.05, 0.1) is 0 Å². The van der Waals surface area contributed by atoms with Gasteiger partial charge in [-0.05, 0) is 48.9 Å². The number of nitrogens with zero attached hydrogens (tertiary/aromatic N) is 3. The maximum Gasteiger partial charge on any atom is 0.191 e. The Hall–Kier alpha value is -2.67. The molecule has 4 nitrogen and oxygen atoms in total. The van der Waals surface area contributed by atoms with E-state index < -0.39 is 0 Å². The van der Waals surface area contributed by atoms with Crippen molar-refractivity contribution >= 4 is 11.8 Å². The molecule has 1 atom stereocenters. The standard InChI is InChI=1S/C20H19F2N3OS/c1-3-12-25-19(14(2)26-18-10-8-17(22)9-11-18)23-24-20(25)27-13-15-4-6-16(21)7-5-15/h3-11,14H,1,12-13H2,2H3. The SMILES string of the molecule is C=CCn1c(SCc2ccc(F)cc2)nnc1C(C)Oc1ccc(F)cc1. The highest BCUT2D eigenvalue weighted by Gasteiger charge is 2.19. The number of ether oxygens (including phenoxy) is 1. The van der Waals surface area contributed by atoms with Gasteiger partial charge in [0, 0.05) is 12.3 Å². The first-order valence-electron chi connectivity index (χ1n) is 8.40. The number of aromatic nitrogens is 3. The van der Waals surface area contributed by atoms with E-state index in [1.165, 1.54) is 36.0 Å². The van der Waals surface area contributed by atoms with Gasteiger partial charge in [-0.3, -0.25) is 4.57 Å². The molecule has 27 heavy (non-hydrogen) atoms. The Bertz CT molecular complexity index is 895. The molecule has 1 heterocycles. The highest BCUT2D eigenvalue weighted by atomic mass is 32.2. The molecule has 7 heteroatoms. The predicted molar refractivity (Wildman–Crippen MR) is 102 cm³/mol. The summed E-state index contributed by atoms with van der Waals surface area (Å²) in [6.45, 7) is 6.18. The zero-order valence-electron chi connectivity index (χ0n) is 14.8. The summed E-state index contributed by atoms with van der Waals surface area (Å²) in [6, 6.07) is 12.2. The smallest absolute Gasteiger partial charge is 0.191 e. The fourth-order valence-corrected chi connectivity index (χ4v) is 3.42. The normalized spacial score (nSPS) is 12.0. The van der Waals surface area contributed by atoms with Crippen LogP contribution in [-0.2, 0) is 12.3 Å². The molecular weight excluding hydrogens is 368 g/mol. The monoisotopic (exact) mass is 387 g/mol. The van der Waals surface area contributed by atoms with Crippen molar-refractivity contribution in [2.75, 3.05) is 0 Å². The minimum absolute atomic E-state index is 0.257. The molecule has 0 radical (unpaired) electrons. The lowest BCUT2D eigenvalue weighted by Crippen LogP contribution is -2.12. The molecule has 0 saturated carbocycles. The highest BCUT2D eigenvalue weighted by molar-refractivity contribution is 7.98. The number of hydrogen-bond donors (Lipinski definition) is 0. The van der Waals surface area contributed by atoms with Crippen molar-refractivity contribution in [3.05, 3.63) is 84.2 Å². The van der Waals surface area contributed by atoms with E-state index in [1.54, 1.807) is 30.3 Å². The molecule has 2 aromatic carbocycles. The first-order valence-corrected chi connectivity index (χ1v) is 9.39. The summed E-state index contributed by atoms with van der Waals surface area (Å²) < 4.78 is 33.9. The van der Waals surface area contributed by atoms with Crippen LogP contribution in [0, 0.1) is 11.6 Å². The van der Waals surface area contributed by atoms with Gasteiger partial charge in [-0.2, -0.15) is 0 Å². The van der Waals surface area contributed by atoms with E-state index in [1.807, 2.05) is 11.5 Å². The fraction of sp³-hybridized carbons (Fsp3) is 0.200. The van der Waals surface area contributed by atoms with Crippen molar-refractivity contribution in [2.24, 2.45) is 0 Å². The first-order chi connectivity index (χ1) is 13.1. The van der Waals surface area contributed by atoms with Crippen molar-refractivity contribution in [2.45, 2.75) is 30.5 Å². The van der Waals surface area contributed by atoms with Crippen LogP contribution in [0.25, 0.3) is 0 Å². The van der Waals surface area contributed by atoms with Crippen molar-refractivity contribution in [1.29, 1.82) is 0 Å². The molecule has 0 bridgehead atoms. The van der Waals surface area contributed by atoms with E-state index >= 15 is 0 Å². The van der Waals surface area contributed by atoms with Gasteiger partial charge >= 0.3 is 0 Å². The Morgan fingerprint density at radius 2 is 1.70 bits per heavy atom. The topological polar surface area (TPSA) is 39.9 Å². The van der Waals surface area contributed by atoms with Crippen LogP contribution in [0.15, 0.2) is 66.3 Å². The quantitative estimate of drug-likeness (QED) is 0.395. The molecule has 1 unspecified atom stereocenters. The van der Waals surface area contributed by atoms with Gasteiger partial charge in [0.25, 0.3) is 0 Å². The number of halogens is 2. The summed E-state index contributed by atoms with van der Waals surface area (Å²) in [6.07, 6.45) is 1.39. The Labute approximate surface area is 160 Å². The molecule has 0 spiro atoms. The first kappa shape index (κ1) is 19.1. The number of rotatable bonds is 8.